The second-order valence-electron chi connectivity index (χ2n) is 9.07. The number of oxime groups is 1. The summed E-state index contributed by atoms with van der Waals surface area (Å²) in [6, 6.07) is 0. The lowest BCUT2D eigenvalue weighted by Crippen LogP contribution is -2.55. The molecule has 1 unspecified atom stereocenters. The van der Waals surface area contributed by atoms with E-state index in [1.807, 2.05) is 0 Å². The van der Waals surface area contributed by atoms with Gasteiger partial charge in [0.25, 0.3) is 0 Å². The lowest BCUT2D eigenvalue weighted by Gasteiger charge is -2.59. The number of hydrogen-bond acceptors (Lipinski definition) is 2. The SMILES string of the molecule is C[C@@]12CCC[C@H]1[C@@H]1C(=NO)CC3CCCC[C@]3(C)[C@H]1CC2. The van der Waals surface area contributed by atoms with Gasteiger partial charge in [-0.25, -0.2) is 0 Å². The van der Waals surface area contributed by atoms with Gasteiger partial charge in [0, 0.05) is 5.92 Å². The molecule has 0 aromatic rings. The van der Waals surface area contributed by atoms with Crippen LogP contribution in [0.25, 0.3) is 0 Å². The Morgan fingerprint density at radius 2 is 1.81 bits per heavy atom. The van der Waals surface area contributed by atoms with Crippen molar-refractivity contribution in [3.05, 3.63) is 0 Å². The molecule has 4 fully saturated rings. The Balaban J connectivity index is 1.74. The van der Waals surface area contributed by atoms with Gasteiger partial charge < -0.3 is 5.21 Å². The van der Waals surface area contributed by atoms with Crippen molar-refractivity contribution in [1.82, 2.24) is 0 Å². The molecule has 4 aliphatic rings. The number of fused-ring (bicyclic) bond motifs is 5. The van der Waals surface area contributed by atoms with Gasteiger partial charge in [0.05, 0.1) is 5.71 Å². The van der Waals surface area contributed by atoms with Gasteiger partial charge in [-0.15, -0.1) is 0 Å². The van der Waals surface area contributed by atoms with Crippen molar-refractivity contribution < 1.29 is 5.21 Å². The fraction of sp³-hybridized carbons (Fsp3) is 0.947. The van der Waals surface area contributed by atoms with E-state index < -0.39 is 0 Å². The molecule has 0 aliphatic heterocycles. The van der Waals surface area contributed by atoms with Gasteiger partial charge in [-0.1, -0.05) is 38.3 Å². The Bertz CT molecular complexity index is 458. The third-order valence-corrected chi connectivity index (χ3v) is 8.32. The zero-order valence-corrected chi connectivity index (χ0v) is 13.8. The molecule has 0 amide bonds. The molecule has 4 aliphatic carbocycles. The van der Waals surface area contributed by atoms with Gasteiger partial charge in [0.15, 0.2) is 0 Å². The maximum Gasteiger partial charge on any atom is 0.0610 e. The molecule has 4 rings (SSSR count). The highest BCUT2D eigenvalue weighted by molar-refractivity contribution is 5.88. The highest BCUT2D eigenvalue weighted by Crippen LogP contribution is 2.65. The van der Waals surface area contributed by atoms with Crippen molar-refractivity contribution in [2.24, 2.45) is 39.7 Å². The minimum Gasteiger partial charge on any atom is -0.411 e. The van der Waals surface area contributed by atoms with Crippen LogP contribution >= 0.6 is 0 Å². The van der Waals surface area contributed by atoms with Gasteiger partial charge in [-0.2, -0.15) is 0 Å². The Morgan fingerprint density at radius 3 is 2.62 bits per heavy atom. The third kappa shape index (κ3) is 1.86. The Labute approximate surface area is 129 Å². The summed E-state index contributed by atoms with van der Waals surface area (Å²) in [4.78, 5) is 0. The van der Waals surface area contributed by atoms with Crippen LogP contribution in [0, 0.1) is 34.5 Å². The van der Waals surface area contributed by atoms with E-state index in [-0.39, 0.29) is 0 Å². The molecule has 6 atom stereocenters. The lowest BCUT2D eigenvalue weighted by atomic mass is 9.45. The Kier molecular flexibility index (Phi) is 3.17. The fourth-order valence-electron chi connectivity index (χ4n) is 7.08. The number of rotatable bonds is 0. The first-order valence-electron chi connectivity index (χ1n) is 9.29. The summed E-state index contributed by atoms with van der Waals surface area (Å²) < 4.78 is 0. The first kappa shape index (κ1) is 14.1. The van der Waals surface area contributed by atoms with E-state index in [9.17, 15) is 5.21 Å². The maximum absolute atomic E-state index is 9.70. The Hall–Kier alpha value is -0.530. The summed E-state index contributed by atoms with van der Waals surface area (Å²) in [5, 5.41) is 13.6. The normalized spacial score (nSPS) is 54.9. The van der Waals surface area contributed by atoms with E-state index in [0.717, 1.165) is 24.2 Å². The molecule has 0 aromatic heterocycles. The van der Waals surface area contributed by atoms with Crippen LogP contribution in [0.2, 0.25) is 0 Å². The van der Waals surface area contributed by atoms with Crippen molar-refractivity contribution in [1.29, 1.82) is 0 Å². The average molecular weight is 289 g/mol. The van der Waals surface area contributed by atoms with Crippen molar-refractivity contribution in [3.63, 3.8) is 0 Å². The van der Waals surface area contributed by atoms with Crippen LogP contribution < -0.4 is 0 Å². The van der Waals surface area contributed by atoms with Crippen LogP contribution in [0.15, 0.2) is 5.16 Å². The third-order valence-electron chi connectivity index (χ3n) is 8.32. The number of nitrogens with zero attached hydrogens (tertiary/aromatic N) is 1. The minimum absolute atomic E-state index is 0.529. The monoisotopic (exact) mass is 289 g/mol. The van der Waals surface area contributed by atoms with Gasteiger partial charge in [-0.05, 0) is 73.5 Å². The van der Waals surface area contributed by atoms with E-state index >= 15 is 0 Å². The smallest absolute Gasteiger partial charge is 0.0610 e. The van der Waals surface area contributed by atoms with Crippen molar-refractivity contribution in [3.8, 4) is 0 Å². The second-order valence-corrected chi connectivity index (χ2v) is 9.07. The molecule has 0 aromatic carbocycles. The van der Waals surface area contributed by atoms with Crippen LogP contribution in [-0.2, 0) is 0 Å². The zero-order valence-electron chi connectivity index (χ0n) is 13.8. The van der Waals surface area contributed by atoms with Crippen molar-refractivity contribution >= 4 is 5.71 Å². The van der Waals surface area contributed by atoms with Crippen LogP contribution in [0.1, 0.15) is 78.1 Å². The summed E-state index contributed by atoms with van der Waals surface area (Å²) >= 11 is 0. The molecule has 2 heteroatoms. The van der Waals surface area contributed by atoms with Crippen LogP contribution in [0.3, 0.4) is 0 Å². The first-order chi connectivity index (χ1) is 10.1. The summed E-state index contributed by atoms with van der Waals surface area (Å²) in [5.74, 6) is 2.96. The topological polar surface area (TPSA) is 32.6 Å². The van der Waals surface area contributed by atoms with E-state index in [2.05, 4.69) is 19.0 Å². The molecule has 2 nitrogen and oxygen atoms in total. The van der Waals surface area contributed by atoms with E-state index in [0.29, 0.717) is 16.7 Å². The van der Waals surface area contributed by atoms with E-state index in [1.54, 1.807) is 0 Å². The zero-order chi connectivity index (χ0) is 14.7. The van der Waals surface area contributed by atoms with Crippen molar-refractivity contribution in [2.45, 2.75) is 78.1 Å². The van der Waals surface area contributed by atoms with Crippen molar-refractivity contribution in [2.75, 3.05) is 0 Å². The van der Waals surface area contributed by atoms with Crippen LogP contribution in [0.5, 0.6) is 0 Å². The van der Waals surface area contributed by atoms with Gasteiger partial charge in [-0.3, -0.25) is 0 Å². The molecular formula is C19H31NO. The molecule has 4 saturated carbocycles. The summed E-state index contributed by atoms with van der Waals surface area (Å²) in [6.45, 7) is 5.10. The van der Waals surface area contributed by atoms with Crippen LogP contribution in [-0.4, -0.2) is 10.9 Å². The molecule has 0 heterocycles. The standard InChI is InChI=1S/C19H31NO/c1-18-9-5-7-14(18)17-15(8-11-18)19(2)10-4-3-6-13(19)12-16(17)20-21/h13-15,17,21H,3-12H2,1-2H3/t13?,14-,15-,17-,18-,19-/m0/s1. The summed E-state index contributed by atoms with van der Waals surface area (Å²) in [5.41, 5.74) is 2.25. The molecule has 21 heavy (non-hydrogen) atoms. The minimum atomic E-state index is 0.529. The molecular weight excluding hydrogens is 258 g/mol. The quantitative estimate of drug-likeness (QED) is 0.479. The second kappa shape index (κ2) is 4.73. The predicted molar refractivity (Wildman–Crippen MR) is 85.6 cm³/mol. The highest BCUT2D eigenvalue weighted by atomic mass is 16.4. The highest BCUT2D eigenvalue weighted by Gasteiger charge is 2.59. The molecule has 0 saturated heterocycles. The first-order valence-corrected chi connectivity index (χ1v) is 9.29. The van der Waals surface area contributed by atoms with Gasteiger partial charge in [0.1, 0.15) is 0 Å². The van der Waals surface area contributed by atoms with Gasteiger partial charge in [0.2, 0.25) is 0 Å². The summed E-state index contributed by atoms with van der Waals surface area (Å²) in [7, 11) is 0. The molecule has 0 spiro atoms. The number of hydrogen-bond donors (Lipinski definition) is 1. The summed E-state index contributed by atoms with van der Waals surface area (Å²) in [6.07, 6.45) is 13.6. The van der Waals surface area contributed by atoms with E-state index in [1.165, 1.54) is 63.5 Å². The molecule has 0 radical (unpaired) electrons. The maximum atomic E-state index is 9.70. The van der Waals surface area contributed by atoms with Crippen LogP contribution in [0.4, 0.5) is 0 Å². The average Bonchev–Trinajstić information content (AvgIpc) is 2.87. The molecule has 118 valence electrons. The lowest BCUT2D eigenvalue weighted by molar-refractivity contribution is -0.0580. The largest absolute Gasteiger partial charge is 0.411 e. The van der Waals surface area contributed by atoms with E-state index in [4.69, 9.17) is 0 Å². The fourth-order valence-corrected chi connectivity index (χ4v) is 7.08. The Morgan fingerprint density at radius 1 is 0.952 bits per heavy atom. The van der Waals surface area contributed by atoms with Gasteiger partial charge >= 0.3 is 0 Å². The predicted octanol–water partition coefficient (Wildman–Crippen LogP) is 5.25. The molecule has 0 bridgehead atoms. The molecule has 1 N–H and O–H groups in total.